The predicted octanol–water partition coefficient (Wildman–Crippen LogP) is 4.38. The molecule has 0 unspecified atom stereocenters. The number of benzene rings is 1. The van der Waals surface area contributed by atoms with Gasteiger partial charge in [-0.3, -0.25) is 0 Å². The largest absolute Gasteiger partial charge is 0.487 e. The summed E-state index contributed by atoms with van der Waals surface area (Å²) in [4.78, 5) is 10.9. The minimum absolute atomic E-state index is 0.258. The highest BCUT2D eigenvalue weighted by Crippen LogP contribution is 2.28. The number of anilines is 1. The zero-order valence-electron chi connectivity index (χ0n) is 14.0. The predicted molar refractivity (Wildman–Crippen MR) is 95.9 cm³/mol. The van der Waals surface area contributed by atoms with Gasteiger partial charge in [0.25, 0.3) is 0 Å². The number of halogens is 3. The van der Waals surface area contributed by atoms with Crippen molar-refractivity contribution >= 4 is 21.9 Å². The third kappa shape index (κ3) is 4.45. The molecule has 1 aromatic heterocycles. The Bertz CT molecular complexity index is 696. The number of aromatic nitrogens is 2. The highest BCUT2D eigenvalue weighted by Gasteiger charge is 2.22. The number of aryl methyl sites for hydroxylation is 1. The first-order valence-corrected chi connectivity index (χ1v) is 9.19. The van der Waals surface area contributed by atoms with Gasteiger partial charge in [-0.1, -0.05) is 22.9 Å². The molecule has 1 aromatic carbocycles. The molecule has 0 spiro atoms. The molecule has 0 aliphatic carbocycles. The summed E-state index contributed by atoms with van der Waals surface area (Å²) in [6.07, 6.45) is 6.38. The van der Waals surface area contributed by atoms with Crippen molar-refractivity contribution in [2.45, 2.75) is 26.2 Å². The maximum atomic E-state index is 13.8. The second kappa shape index (κ2) is 8.08. The van der Waals surface area contributed by atoms with E-state index in [0.717, 1.165) is 43.9 Å². The van der Waals surface area contributed by atoms with E-state index in [2.05, 4.69) is 37.7 Å². The summed E-state index contributed by atoms with van der Waals surface area (Å²) in [6.45, 7) is 4.00. The van der Waals surface area contributed by atoms with Gasteiger partial charge in [-0.25, -0.2) is 18.7 Å². The third-order valence-corrected chi connectivity index (χ3v) is 4.88. The zero-order valence-corrected chi connectivity index (χ0v) is 15.6. The van der Waals surface area contributed by atoms with Crippen molar-refractivity contribution in [3.8, 4) is 5.75 Å². The third-order valence-electron chi connectivity index (χ3n) is 4.42. The van der Waals surface area contributed by atoms with Gasteiger partial charge in [0.15, 0.2) is 17.4 Å². The van der Waals surface area contributed by atoms with Crippen molar-refractivity contribution in [2.24, 2.45) is 5.92 Å². The topological polar surface area (TPSA) is 38.2 Å². The van der Waals surface area contributed by atoms with Crippen LogP contribution in [-0.4, -0.2) is 29.7 Å². The van der Waals surface area contributed by atoms with Crippen LogP contribution in [0.4, 0.5) is 14.7 Å². The number of rotatable bonds is 5. The maximum Gasteiger partial charge on any atom is 0.225 e. The number of piperidine rings is 1. The highest BCUT2D eigenvalue weighted by atomic mass is 79.9. The van der Waals surface area contributed by atoms with E-state index in [9.17, 15) is 8.78 Å². The lowest BCUT2D eigenvalue weighted by Gasteiger charge is -2.31. The van der Waals surface area contributed by atoms with Crippen LogP contribution in [0.5, 0.6) is 5.75 Å². The molecule has 1 saturated heterocycles. The van der Waals surface area contributed by atoms with Crippen LogP contribution in [0.25, 0.3) is 0 Å². The molecule has 1 aliphatic heterocycles. The van der Waals surface area contributed by atoms with E-state index in [4.69, 9.17) is 4.74 Å². The number of ether oxygens (including phenoxy) is 1. The Kier molecular flexibility index (Phi) is 5.83. The minimum Gasteiger partial charge on any atom is -0.487 e. The highest BCUT2D eigenvalue weighted by molar-refractivity contribution is 9.10. The smallest absolute Gasteiger partial charge is 0.225 e. The van der Waals surface area contributed by atoms with Gasteiger partial charge in [0.2, 0.25) is 5.95 Å². The molecule has 0 radical (unpaired) electrons. The lowest BCUT2D eigenvalue weighted by atomic mass is 9.98. The molecule has 0 bridgehead atoms. The lowest BCUT2D eigenvalue weighted by molar-refractivity contribution is 0.207. The maximum absolute atomic E-state index is 13.8. The van der Waals surface area contributed by atoms with Gasteiger partial charge in [0, 0.05) is 30.0 Å². The van der Waals surface area contributed by atoms with Crippen LogP contribution in [0, 0.1) is 17.6 Å². The molecule has 1 fully saturated rings. The molecule has 0 N–H and O–H groups in total. The van der Waals surface area contributed by atoms with Crippen molar-refractivity contribution in [2.75, 3.05) is 24.6 Å². The van der Waals surface area contributed by atoms with Crippen LogP contribution in [0.1, 0.15) is 25.3 Å². The molecule has 3 rings (SSSR count). The lowest BCUT2D eigenvalue weighted by Crippen LogP contribution is -2.36. The van der Waals surface area contributed by atoms with Crippen molar-refractivity contribution in [1.29, 1.82) is 0 Å². The summed E-state index contributed by atoms with van der Waals surface area (Å²) in [5.74, 6) is -0.679. The van der Waals surface area contributed by atoms with Crippen LogP contribution in [0.15, 0.2) is 29.0 Å². The molecule has 0 amide bonds. The Hall–Kier alpha value is -1.76. The first kappa shape index (κ1) is 18.0. The Morgan fingerprint density at radius 1 is 1.16 bits per heavy atom. The van der Waals surface area contributed by atoms with Crippen molar-refractivity contribution in [3.05, 3.63) is 46.2 Å². The Morgan fingerprint density at radius 2 is 1.76 bits per heavy atom. The standard InChI is InChI=1S/C18H20BrF2N3O/c1-2-12-9-22-18(23-10-12)24-5-3-13(4-6-24)11-25-17-15(20)7-14(19)8-16(17)21/h7-10,13H,2-6,11H2,1H3. The first-order chi connectivity index (χ1) is 12.1. The van der Waals surface area contributed by atoms with E-state index in [-0.39, 0.29) is 11.7 Å². The van der Waals surface area contributed by atoms with Gasteiger partial charge in [-0.15, -0.1) is 0 Å². The molecule has 2 aromatic rings. The van der Waals surface area contributed by atoms with E-state index >= 15 is 0 Å². The van der Waals surface area contributed by atoms with Crippen molar-refractivity contribution < 1.29 is 13.5 Å². The summed E-state index contributed by atoms with van der Waals surface area (Å²) < 4.78 is 33.4. The van der Waals surface area contributed by atoms with E-state index < -0.39 is 11.6 Å². The molecule has 134 valence electrons. The van der Waals surface area contributed by atoms with Crippen LogP contribution in [0.2, 0.25) is 0 Å². The summed E-state index contributed by atoms with van der Waals surface area (Å²) in [7, 11) is 0. The normalized spacial score (nSPS) is 15.4. The quantitative estimate of drug-likeness (QED) is 0.731. The SMILES string of the molecule is CCc1cnc(N2CCC(COc3c(F)cc(Br)cc3F)CC2)nc1. The summed E-state index contributed by atoms with van der Waals surface area (Å²) in [5, 5.41) is 0. The zero-order chi connectivity index (χ0) is 17.8. The average molecular weight is 412 g/mol. The molecule has 4 nitrogen and oxygen atoms in total. The molecule has 1 aliphatic rings. The van der Waals surface area contributed by atoms with E-state index in [1.807, 2.05) is 12.4 Å². The van der Waals surface area contributed by atoms with Crippen LogP contribution >= 0.6 is 15.9 Å². The summed E-state index contributed by atoms with van der Waals surface area (Å²) >= 11 is 3.06. The molecular formula is C18H20BrF2N3O. The van der Waals surface area contributed by atoms with Gasteiger partial charge in [0.05, 0.1) is 6.61 Å². The fraction of sp³-hybridized carbons (Fsp3) is 0.444. The second-order valence-corrected chi connectivity index (χ2v) is 7.10. The summed E-state index contributed by atoms with van der Waals surface area (Å²) in [5.41, 5.74) is 1.12. The Balaban J connectivity index is 1.52. The number of hydrogen-bond donors (Lipinski definition) is 0. The van der Waals surface area contributed by atoms with Gasteiger partial charge in [0.1, 0.15) is 0 Å². The molecule has 25 heavy (non-hydrogen) atoms. The van der Waals surface area contributed by atoms with Gasteiger partial charge in [-0.2, -0.15) is 0 Å². The first-order valence-electron chi connectivity index (χ1n) is 8.40. The van der Waals surface area contributed by atoms with Crippen LogP contribution in [-0.2, 0) is 6.42 Å². The van der Waals surface area contributed by atoms with Gasteiger partial charge in [-0.05, 0) is 42.9 Å². The molecule has 7 heteroatoms. The van der Waals surface area contributed by atoms with E-state index in [1.54, 1.807) is 0 Å². The fourth-order valence-electron chi connectivity index (χ4n) is 2.86. The second-order valence-electron chi connectivity index (χ2n) is 6.18. The summed E-state index contributed by atoms with van der Waals surface area (Å²) in [6, 6.07) is 2.41. The van der Waals surface area contributed by atoms with Gasteiger partial charge >= 0.3 is 0 Å². The Morgan fingerprint density at radius 3 is 2.32 bits per heavy atom. The number of hydrogen-bond acceptors (Lipinski definition) is 4. The number of nitrogens with zero attached hydrogens (tertiary/aromatic N) is 3. The van der Waals surface area contributed by atoms with Crippen LogP contribution in [0.3, 0.4) is 0 Å². The fourth-order valence-corrected chi connectivity index (χ4v) is 3.26. The minimum atomic E-state index is -0.686. The Labute approximate surface area is 154 Å². The molecule has 0 saturated carbocycles. The van der Waals surface area contributed by atoms with Crippen LogP contribution < -0.4 is 9.64 Å². The van der Waals surface area contributed by atoms with E-state index in [1.165, 1.54) is 12.1 Å². The van der Waals surface area contributed by atoms with Crippen molar-refractivity contribution in [1.82, 2.24) is 9.97 Å². The molecule has 2 heterocycles. The molecular weight excluding hydrogens is 392 g/mol. The van der Waals surface area contributed by atoms with Crippen molar-refractivity contribution in [3.63, 3.8) is 0 Å². The average Bonchev–Trinajstić information content (AvgIpc) is 2.61. The monoisotopic (exact) mass is 411 g/mol. The van der Waals surface area contributed by atoms with E-state index in [0.29, 0.717) is 11.1 Å². The van der Waals surface area contributed by atoms with Gasteiger partial charge < -0.3 is 9.64 Å². The molecule has 0 atom stereocenters.